The molecule has 1 amide bonds. The lowest BCUT2D eigenvalue weighted by molar-refractivity contribution is -0.384. The summed E-state index contributed by atoms with van der Waals surface area (Å²) in [6.45, 7) is 5.23. The topological polar surface area (TPSA) is 105 Å². The van der Waals surface area contributed by atoms with Gasteiger partial charge in [-0.15, -0.1) is 10.2 Å². The van der Waals surface area contributed by atoms with Crippen LogP contribution in [0.2, 0.25) is 0 Å². The highest BCUT2D eigenvalue weighted by molar-refractivity contribution is 8.01. The maximum Gasteiger partial charge on any atom is 0.292 e. The van der Waals surface area contributed by atoms with E-state index in [0.29, 0.717) is 50.8 Å². The molecule has 2 aliphatic rings. The van der Waals surface area contributed by atoms with Gasteiger partial charge in [-0.05, 0) is 6.07 Å². The molecule has 0 saturated carbocycles. The van der Waals surface area contributed by atoms with E-state index in [-0.39, 0.29) is 16.5 Å². The Kier molecular flexibility index (Phi) is 6.65. The summed E-state index contributed by atoms with van der Waals surface area (Å²) in [5, 5.41) is 20.5. The Hall–Kier alpha value is -2.44. The minimum Gasteiger partial charge on any atom is -0.378 e. The molecule has 3 heterocycles. The first-order chi connectivity index (χ1) is 14.6. The number of aromatic nitrogens is 2. The molecule has 2 saturated heterocycles. The second-order valence-corrected chi connectivity index (χ2v) is 9.03. The Bertz CT molecular complexity index is 896. The highest BCUT2D eigenvalue weighted by Gasteiger charge is 2.26. The number of piperazine rings is 1. The monoisotopic (exact) mass is 450 g/mol. The van der Waals surface area contributed by atoms with Crippen LogP contribution in [-0.4, -0.2) is 84.2 Å². The average molecular weight is 451 g/mol. The molecule has 10 nitrogen and oxygen atoms in total. The lowest BCUT2D eigenvalue weighted by Gasteiger charge is -2.35. The number of ether oxygens (including phenoxy) is 1. The van der Waals surface area contributed by atoms with Gasteiger partial charge >= 0.3 is 0 Å². The van der Waals surface area contributed by atoms with Crippen LogP contribution in [0.15, 0.2) is 28.6 Å². The molecule has 2 aliphatic heterocycles. The number of nitro groups is 1. The van der Waals surface area contributed by atoms with Crippen LogP contribution in [-0.2, 0) is 9.53 Å². The zero-order chi connectivity index (χ0) is 20.9. The van der Waals surface area contributed by atoms with E-state index in [1.54, 1.807) is 18.2 Å². The van der Waals surface area contributed by atoms with Gasteiger partial charge in [0.2, 0.25) is 11.0 Å². The van der Waals surface area contributed by atoms with E-state index in [4.69, 9.17) is 4.74 Å². The number of benzene rings is 1. The maximum atomic E-state index is 12.6. The molecule has 160 valence electrons. The SMILES string of the molecule is O=C(CSc1nnc(N2CCOCC2)s1)N1CCN(c2ccccc2[N+](=O)[O-])CC1. The normalized spacial score (nSPS) is 17.3. The zero-order valence-corrected chi connectivity index (χ0v) is 17.9. The molecule has 4 rings (SSSR count). The van der Waals surface area contributed by atoms with E-state index in [0.717, 1.165) is 22.6 Å². The third-order valence-electron chi connectivity index (χ3n) is 5.05. The van der Waals surface area contributed by atoms with E-state index in [1.165, 1.54) is 29.2 Å². The predicted octanol–water partition coefficient (Wildman–Crippen LogP) is 1.72. The summed E-state index contributed by atoms with van der Waals surface area (Å²) in [5.74, 6) is 0.355. The van der Waals surface area contributed by atoms with Crippen LogP contribution in [0.25, 0.3) is 0 Å². The van der Waals surface area contributed by atoms with Crippen LogP contribution in [0.5, 0.6) is 0 Å². The van der Waals surface area contributed by atoms with E-state index in [1.807, 2.05) is 9.80 Å². The largest absolute Gasteiger partial charge is 0.378 e. The molecular formula is C18H22N6O4S2. The number of nitrogens with zero attached hydrogens (tertiary/aromatic N) is 6. The van der Waals surface area contributed by atoms with E-state index in [2.05, 4.69) is 15.1 Å². The van der Waals surface area contributed by atoms with Crippen LogP contribution in [0.4, 0.5) is 16.5 Å². The molecule has 30 heavy (non-hydrogen) atoms. The molecule has 12 heteroatoms. The average Bonchev–Trinajstić information content (AvgIpc) is 3.27. The molecule has 0 spiro atoms. The van der Waals surface area contributed by atoms with Gasteiger partial charge in [0.1, 0.15) is 5.69 Å². The van der Waals surface area contributed by atoms with Crippen molar-refractivity contribution in [1.29, 1.82) is 0 Å². The summed E-state index contributed by atoms with van der Waals surface area (Å²) in [4.78, 5) is 29.4. The van der Waals surface area contributed by atoms with Gasteiger partial charge in [0.15, 0.2) is 4.34 Å². The Morgan fingerprint density at radius 1 is 1.10 bits per heavy atom. The summed E-state index contributed by atoms with van der Waals surface area (Å²) in [6, 6.07) is 6.73. The van der Waals surface area contributed by atoms with Crippen LogP contribution in [0.3, 0.4) is 0 Å². The fourth-order valence-electron chi connectivity index (χ4n) is 3.44. The Balaban J connectivity index is 1.27. The van der Waals surface area contributed by atoms with Crippen molar-refractivity contribution in [3.63, 3.8) is 0 Å². The van der Waals surface area contributed by atoms with Crippen LogP contribution in [0, 0.1) is 10.1 Å². The molecule has 1 aromatic heterocycles. The lowest BCUT2D eigenvalue weighted by Crippen LogP contribution is -2.49. The third-order valence-corrected chi connectivity index (χ3v) is 7.15. The van der Waals surface area contributed by atoms with Gasteiger partial charge in [-0.2, -0.15) is 0 Å². The number of carbonyl (C=O) groups excluding carboxylic acids is 1. The standard InChI is InChI=1S/C18H22N6O4S2/c25-16(13-29-18-20-19-17(30-18)23-9-11-28-12-10-23)22-7-5-21(6-8-22)14-3-1-2-4-15(14)24(26)27/h1-4H,5-13H2. The van der Waals surface area contributed by atoms with Crippen LogP contribution in [0.1, 0.15) is 0 Å². The third kappa shape index (κ3) is 4.82. The van der Waals surface area contributed by atoms with Crippen molar-refractivity contribution < 1.29 is 14.5 Å². The first-order valence-electron chi connectivity index (χ1n) is 9.67. The summed E-state index contributed by atoms with van der Waals surface area (Å²) >= 11 is 2.90. The quantitative estimate of drug-likeness (QED) is 0.369. The van der Waals surface area contributed by atoms with Crippen molar-refractivity contribution in [2.45, 2.75) is 4.34 Å². The molecule has 0 unspecified atom stereocenters. The van der Waals surface area contributed by atoms with Crippen molar-refractivity contribution in [2.75, 3.05) is 68.0 Å². The smallest absolute Gasteiger partial charge is 0.292 e. The van der Waals surface area contributed by atoms with Crippen LogP contribution < -0.4 is 9.80 Å². The van der Waals surface area contributed by atoms with Crippen molar-refractivity contribution >= 4 is 45.5 Å². The summed E-state index contributed by atoms with van der Waals surface area (Å²) in [5.41, 5.74) is 0.702. The van der Waals surface area contributed by atoms with Gasteiger partial charge in [-0.3, -0.25) is 14.9 Å². The molecule has 0 aliphatic carbocycles. The lowest BCUT2D eigenvalue weighted by atomic mass is 10.2. The number of amides is 1. The Morgan fingerprint density at radius 3 is 2.57 bits per heavy atom. The summed E-state index contributed by atoms with van der Waals surface area (Å²) in [7, 11) is 0. The number of hydrogen-bond acceptors (Lipinski definition) is 10. The number of hydrogen-bond donors (Lipinski definition) is 0. The molecule has 2 fully saturated rings. The fraction of sp³-hybridized carbons (Fsp3) is 0.500. The van der Waals surface area contributed by atoms with Gasteiger partial charge < -0.3 is 19.4 Å². The number of thioether (sulfide) groups is 1. The number of nitro benzene ring substituents is 1. The van der Waals surface area contributed by atoms with E-state index < -0.39 is 0 Å². The number of anilines is 2. The van der Waals surface area contributed by atoms with Crippen molar-refractivity contribution in [2.24, 2.45) is 0 Å². The molecule has 2 aromatic rings. The first-order valence-corrected chi connectivity index (χ1v) is 11.5. The first kappa shape index (κ1) is 20.8. The molecule has 0 atom stereocenters. The van der Waals surface area contributed by atoms with Crippen molar-refractivity contribution in [1.82, 2.24) is 15.1 Å². The number of carbonyl (C=O) groups is 1. The van der Waals surface area contributed by atoms with Gasteiger partial charge in [-0.25, -0.2) is 0 Å². The van der Waals surface area contributed by atoms with Crippen molar-refractivity contribution in [3.05, 3.63) is 34.4 Å². The second kappa shape index (κ2) is 9.58. The van der Waals surface area contributed by atoms with Gasteiger partial charge in [-0.1, -0.05) is 35.2 Å². The Morgan fingerprint density at radius 2 is 1.83 bits per heavy atom. The molecule has 0 bridgehead atoms. The zero-order valence-electron chi connectivity index (χ0n) is 16.3. The fourth-order valence-corrected chi connectivity index (χ4v) is 5.24. The minimum atomic E-state index is -0.364. The number of para-hydroxylation sites is 2. The molecule has 1 aromatic carbocycles. The van der Waals surface area contributed by atoms with Crippen molar-refractivity contribution in [3.8, 4) is 0 Å². The molecule has 0 radical (unpaired) electrons. The predicted molar refractivity (Wildman–Crippen MR) is 116 cm³/mol. The summed E-state index contributed by atoms with van der Waals surface area (Å²) in [6.07, 6.45) is 0. The van der Waals surface area contributed by atoms with E-state index >= 15 is 0 Å². The van der Waals surface area contributed by atoms with E-state index in [9.17, 15) is 14.9 Å². The Labute approximate surface area is 182 Å². The van der Waals surface area contributed by atoms with Crippen LogP contribution >= 0.6 is 23.1 Å². The van der Waals surface area contributed by atoms with Gasteiger partial charge in [0, 0.05) is 45.3 Å². The van der Waals surface area contributed by atoms with Gasteiger partial charge in [0.05, 0.1) is 23.9 Å². The highest BCUT2D eigenvalue weighted by Crippen LogP contribution is 2.30. The minimum absolute atomic E-state index is 0.0466. The summed E-state index contributed by atoms with van der Waals surface area (Å²) < 4.78 is 6.13. The number of rotatable bonds is 6. The molecular weight excluding hydrogens is 428 g/mol. The maximum absolute atomic E-state index is 12.6. The highest BCUT2D eigenvalue weighted by atomic mass is 32.2. The number of morpholine rings is 1. The second-order valence-electron chi connectivity index (χ2n) is 6.85. The van der Waals surface area contributed by atoms with Gasteiger partial charge in [0.25, 0.3) is 5.69 Å². The molecule has 0 N–H and O–H groups in total.